The minimum atomic E-state index is -0.479. The van der Waals surface area contributed by atoms with Crippen molar-refractivity contribution in [2.45, 2.75) is 83.6 Å². The number of nitrogens with zero attached hydrogens (tertiary/aromatic N) is 4. The summed E-state index contributed by atoms with van der Waals surface area (Å²) in [6, 6.07) is 0.714. The van der Waals surface area contributed by atoms with Crippen LogP contribution in [0, 0.1) is 11.8 Å². The van der Waals surface area contributed by atoms with Gasteiger partial charge in [-0.05, 0) is 78.7 Å². The summed E-state index contributed by atoms with van der Waals surface area (Å²) >= 11 is 0. The molecule has 0 aromatic carbocycles. The summed E-state index contributed by atoms with van der Waals surface area (Å²) in [7, 11) is 2.12. The highest BCUT2D eigenvalue weighted by molar-refractivity contribution is 5.90. The Kier molecular flexibility index (Phi) is 9.89. The molecule has 1 amide bonds. The van der Waals surface area contributed by atoms with Crippen molar-refractivity contribution in [3.8, 4) is 0 Å². The van der Waals surface area contributed by atoms with E-state index in [-0.39, 0.29) is 12.3 Å². The number of hydrogen-bond acceptors (Lipinski definition) is 8. The molecule has 0 radical (unpaired) electrons. The number of amides is 1. The lowest BCUT2D eigenvalue weighted by Gasteiger charge is -2.40. The molecule has 0 spiro atoms. The summed E-state index contributed by atoms with van der Waals surface area (Å²) in [5.74, 6) is 1.17. The van der Waals surface area contributed by atoms with Gasteiger partial charge < -0.3 is 19.5 Å². The Morgan fingerprint density at radius 3 is 2.53 bits per heavy atom. The number of hydrogen-bond donors (Lipinski definition) is 1. The molecule has 0 aromatic rings. The van der Waals surface area contributed by atoms with E-state index in [1.807, 2.05) is 20.8 Å². The third-order valence-electron chi connectivity index (χ3n) is 8.02. The summed E-state index contributed by atoms with van der Waals surface area (Å²) in [5.41, 5.74) is 0.812. The summed E-state index contributed by atoms with van der Waals surface area (Å²) in [4.78, 5) is 16.9. The highest BCUT2D eigenvalue weighted by atomic mass is 16.6. The monoisotopic (exact) mass is 507 g/mol. The molecule has 2 saturated heterocycles. The van der Waals surface area contributed by atoms with Crippen LogP contribution in [0.1, 0.15) is 65.7 Å². The zero-order valence-electron chi connectivity index (χ0n) is 23.0. The second-order valence-electron chi connectivity index (χ2n) is 12.0. The molecule has 1 saturated carbocycles. The van der Waals surface area contributed by atoms with E-state index in [2.05, 4.69) is 27.2 Å². The molecule has 1 aliphatic carbocycles. The molecule has 4 aliphatic rings. The topological polar surface area (TPSA) is 78.9 Å². The zero-order chi connectivity index (χ0) is 25.5. The first-order valence-corrected chi connectivity index (χ1v) is 14.2. The van der Waals surface area contributed by atoms with E-state index < -0.39 is 5.60 Å². The number of hydrazone groups is 1. The lowest BCUT2D eigenvalue weighted by atomic mass is 9.76. The van der Waals surface area contributed by atoms with Crippen molar-refractivity contribution >= 4 is 11.8 Å². The molecular formula is C27H49N5O4. The van der Waals surface area contributed by atoms with Crippen LogP contribution in [0.15, 0.2) is 5.10 Å². The SMILES string of the molecule is CN(CCNC(=O)OC(C)(C)C)CC1=NN(C2CCCCO2)CC1C1CCC(N2CCOCC2)CC1. The van der Waals surface area contributed by atoms with Crippen LogP contribution in [0.3, 0.4) is 0 Å². The van der Waals surface area contributed by atoms with E-state index in [0.717, 1.165) is 65.4 Å². The second kappa shape index (κ2) is 12.9. The summed E-state index contributed by atoms with van der Waals surface area (Å²) in [6.07, 6.45) is 8.33. The highest BCUT2D eigenvalue weighted by Gasteiger charge is 2.39. The Labute approximate surface area is 217 Å². The average molecular weight is 508 g/mol. The van der Waals surface area contributed by atoms with Crippen molar-refractivity contribution in [1.82, 2.24) is 20.1 Å². The molecule has 0 bridgehead atoms. The van der Waals surface area contributed by atoms with Crippen LogP contribution in [0.5, 0.6) is 0 Å². The summed E-state index contributed by atoms with van der Waals surface area (Å²) in [6.45, 7) is 13.5. The number of morpholine rings is 1. The fraction of sp³-hybridized carbons (Fsp3) is 0.926. The molecule has 9 heteroatoms. The standard InChI is InChI=1S/C27H49N5O4/c1-27(2,3)36-26(33)28-12-13-30(4)20-24-23(19-32(29-24)25-7-5-6-16-35-25)21-8-10-22(11-9-21)31-14-17-34-18-15-31/h21-23,25H,5-20H2,1-4H3,(H,28,33). The summed E-state index contributed by atoms with van der Waals surface area (Å²) in [5, 5.41) is 10.3. The predicted octanol–water partition coefficient (Wildman–Crippen LogP) is 3.15. The molecule has 3 aliphatic heterocycles. The van der Waals surface area contributed by atoms with Gasteiger partial charge in [-0.2, -0.15) is 5.10 Å². The maximum absolute atomic E-state index is 12.0. The van der Waals surface area contributed by atoms with Crippen LogP contribution < -0.4 is 5.32 Å². The molecule has 4 rings (SSSR count). The molecule has 3 fully saturated rings. The van der Waals surface area contributed by atoms with E-state index in [9.17, 15) is 4.79 Å². The largest absolute Gasteiger partial charge is 0.444 e. The maximum atomic E-state index is 12.0. The number of carbonyl (C=O) groups is 1. The van der Waals surface area contributed by atoms with Gasteiger partial charge in [0.15, 0.2) is 0 Å². The van der Waals surface area contributed by atoms with Gasteiger partial charge in [0.05, 0.1) is 18.9 Å². The Hall–Kier alpha value is -1.42. The van der Waals surface area contributed by atoms with Crippen molar-refractivity contribution in [2.75, 3.05) is 66.1 Å². The van der Waals surface area contributed by atoms with Crippen molar-refractivity contribution in [3.05, 3.63) is 0 Å². The fourth-order valence-corrected chi connectivity index (χ4v) is 6.13. The first kappa shape index (κ1) is 27.6. The molecule has 206 valence electrons. The van der Waals surface area contributed by atoms with Crippen molar-refractivity contribution < 1.29 is 19.0 Å². The molecule has 36 heavy (non-hydrogen) atoms. The van der Waals surface area contributed by atoms with E-state index in [1.165, 1.54) is 37.8 Å². The van der Waals surface area contributed by atoms with Gasteiger partial charge in [-0.3, -0.25) is 14.8 Å². The minimum Gasteiger partial charge on any atom is -0.444 e. The number of rotatable bonds is 8. The lowest BCUT2D eigenvalue weighted by molar-refractivity contribution is -0.0849. The molecule has 2 unspecified atom stereocenters. The van der Waals surface area contributed by atoms with Crippen molar-refractivity contribution in [2.24, 2.45) is 16.9 Å². The van der Waals surface area contributed by atoms with Gasteiger partial charge in [-0.15, -0.1) is 0 Å². The number of likely N-dealkylation sites (N-methyl/N-ethyl adjacent to an activating group) is 1. The van der Waals surface area contributed by atoms with Crippen LogP contribution in [-0.4, -0.2) is 111 Å². The quantitative estimate of drug-likeness (QED) is 0.541. The van der Waals surface area contributed by atoms with Gasteiger partial charge in [-0.25, -0.2) is 4.79 Å². The van der Waals surface area contributed by atoms with Gasteiger partial charge in [-0.1, -0.05) is 0 Å². The molecular weight excluding hydrogens is 458 g/mol. The molecule has 0 aromatic heterocycles. The van der Waals surface area contributed by atoms with Gasteiger partial charge in [0, 0.05) is 57.8 Å². The Bertz CT molecular complexity index is 722. The van der Waals surface area contributed by atoms with Crippen LogP contribution in [0.4, 0.5) is 4.79 Å². The van der Waals surface area contributed by atoms with Crippen LogP contribution >= 0.6 is 0 Å². The first-order chi connectivity index (χ1) is 17.3. The number of nitrogens with one attached hydrogen (secondary N) is 1. The number of ether oxygens (including phenoxy) is 3. The summed E-state index contributed by atoms with van der Waals surface area (Å²) < 4.78 is 17.0. The fourth-order valence-electron chi connectivity index (χ4n) is 6.13. The van der Waals surface area contributed by atoms with Crippen molar-refractivity contribution in [1.29, 1.82) is 0 Å². The van der Waals surface area contributed by atoms with Gasteiger partial charge >= 0.3 is 6.09 Å². The van der Waals surface area contributed by atoms with Gasteiger partial charge in [0.2, 0.25) is 0 Å². The lowest BCUT2D eigenvalue weighted by Crippen LogP contribution is -2.46. The Morgan fingerprint density at radius 2 is 1.86 bits per heavy atom. The van der Waals surface area contributed by atoms with E-state index in [0.29, 0.717) is 24.4 Å². The van der Waals surface area contributed by atoms with Crippen LogP contribution in [0.25, 0.3) is 0 Å². The Morgan fingerprint density at radius 1 is 1.11 bits per heavy atom. The number of alkyl carbamates (subject to hydrolysis) is 1. The number of carbonyl (C=O) groups excluding carboxylic acids is 1. The molecule has 2 atom stereocenters. The third-order valence-corrected chi connectivity index (χ3v) is 8.02. The van der Waals surface area contributed by atoms with Crippen molar-refractivity contribution in [3.63, 3.8) is 0 Å². The van der Waals surface area contributed by atoms with E-state index in [1.54, 1.807) is 0 Å². The van der Waals surface area contributed by atoms with Gasteiger partial charge in [0.25, 0.3) is 0 Å². The zero-order valence-corrected chi connectivity index (χ0v) is 23.0. The normalized spacial score (nSPS) is 30.4. The average Bonchev–Trinajstić information content (AvgIpc) is 3.28. The first-order valence-electron chi connectivity index (χ1n) is 14.2. The minimum absolute atomic E-state index is 0.127. The van der Waals surface area contributed by atoms with E-state index >= 15 is 0 Å². The Balaban J connectivity index is 1.31. The molecule has 1 N–H and O–H groups in total. The highest BCUT2D eigenvalue weighted by Crippen LogP contribution is 2.37. The van der Waals surface area contributed by atoms with Crippen LogP contribution in [0.2, 0.25) is 0 Å². The third kappa shape index (κ3) is 8.04. The second-order valence-corrected chi connectivity index (χ2v) is 12.0. The smallest absolute Gasteiger partial charge is 0.407 e. The predicted molar refractivity (Wildman–Crippen MR) is 141 cm³/mol. The van der Waals surface area contributed by atoms with Gasteiger partial charge in [0.1, 0.15) is 11.8 Å². The molecule has 9 nitrogen and oxygen atoms in total. The molecule has 3 heterocycles. The van der Waals surface area contributed by atoms with Crippen LogP contribution in [-0.2, 0) is 14.2 Å². The maximum Gasteiger partial charge on any atom is 0.407 e. The van der Waals surface area contributed by atoms with E-state index in [4.69, 9.17) is 19.3 Å².